The van der Waals surface area contributed by atoms with Crippen molar-refractivity contribution < 1.29 is 13.2 Å². The molecule has 0 N–H and O–H groups in total. The summed E-state index contributed by atoms with van der Waals surface area (Å²) >= 11 is 3.19. The van der Waals surface area contributed by atoms with Gasteiger partial charge in [0.05, 0.1) is 5.69 Å². The number of fused-ring (bicyclic) bond motifs is 1. The molecule has 4 nitrogen and oxygen atoms in total. The van der Waals surface area contributed by atoms with E-state index in [2.05, 4.69) is 26.0 Å². The Morgan fingerprint density at radius 1 is 1.38 bits per heavy atom. The summed E-state index contributed by atoms with van der Waals surface area (Å²) in [5, 5.41) is 4.80. The summed E-state index contributed by atoms with van der Waals surface area (Å²) in [6.45, 7) is 3.16. The van der Waals surface area contributed by atoms with E-state index in [1.165, 1.54) is 11.1 Å². The molecule has 8 heteroatoms. The van der Waals surface area contributed by atoms with E-state index in [0.29, 0.717) is 16.7 Å². The molecule has 0 spiro atoms. The van der Waals surface area contributed by atoms with Crippen molar-refractivity contribution in [3.63, 3.8) is 0 Å². The monoisotopic (exact) mass is 364 g/mol. The second-order valence-corrected chi connectivity index (χ2v) is 5.82. The third-order valence-corrected chi connectivity index (χ3v) is 3.36. The van der Waals surface area contributed by atoms with E-state index in [0.717, 1.165) is 5.69 Å². The second kappa shape index (κ2) is 6.21. The van der Waals surface area contributed by atoms with Crippen LogP contribution in [0.25, 0.3) is 5.52 Å². The first kappa shape index (κ1) is 16.1. The van der Waals surface area contributed by atoms with E-state index in [-0.39, 0.29) is 12.5 Å². The van der Waals surface area contributed by atoms with E-state index < -0.39 is 12.7 Å². The van der Waals surface area contributed by atoms with Crippen LogP contribution < -0.4 is 4.90 Å². The Morgan fingerprint density at radius 2 is 2.10 bits per heavy atom. The SMILES string of the molecule is CC(C)c1cc2c(N(CCBr)CC(F)(F)F)nccn2n1. The van der Waals surface area contributed by atoms with Gasteiger partial charge in [0, 0.05) is 24.3 Å². The largest absolute Gasteiger partial charge is 0.405 e. The number of aromatic nitrogens is 3. The van der Waals surface area contributed by atoms with Gasteiger partial charge in [-0.1, -0.05) is 29.8 Å². The van der Waals surface area contributed by atoms with Crippen molar-refractivity contribution in [2.75, 3.05) is 23.3 Å². The van der Waals surface area contributed by atoms with E-state index in [1.54, 1.807) is 16.8 Å². The molecule has 0 aliphatic heterocycles. The van der Waals surface area contributed by atoms with Gasteiger partial charge in [0.2, 0.25) is 0 Å². The van der Waals surface area contributed by atoms with E-state index in [9.17, 15) is 13.2 Å². The van der Waals surface area contributed by atoms with Gasteiger partial charge < -0.3 is 4.90 Å². The predicted molar refractivity (Wildman–Crippen MR) is 79.1 cm³/mol. The maximum absolute atomic E-state index is 12.7. The van der Waals surface area contributed by atoms with Crippen LogP contribution in [0.15, 0.2) is 18.5 Å². The third-order valence-electron chi connectivity index (χ3n) is 3.00. The van der Waals surface area contributed by atoms with Crippen LogP contribution in [0.1, 0.15) is 25.5 Å². The lowest BCUT2D eigenvalue weighted by molar-refractivity contribution is -0.119. The lowest BCUT2D eigenvalue weighted by Crippen LogP contribution is -2.36. The highest BCUT2D eigenvalue weighted by Crippen LogP contribution is 2.26. The van der Waals surface area contributed by atoms with Crippen LogP contribution in [0.2, 0.25) is 0 Å². The Morgan fingerprint density at radius 3 is 2.67 bits per heavy atom. The molecular weight excluding hydrogens is 349 g/mol. The number of alkyl halides is 4. The van der Waals surface area contributed by atoms with Gasteiger partial charge in [-0.15, -0.1) is 0 Å². The lowest BCUT2D eigenvalue weighted by atomic mass is 10.1. The van der Waals surface area contributed by atoms with Crippen LogP contribution in [-0.4, -0.2) is 39.2 Å². The Labute approximate surface area is 129 Å². The van der Waals surface area contributed by atoms with Gasteiger partial charge in [0.25, 0.3) is 0 Å². The minimum atomic E-state index is -4.28. The molecule has 0 bridgehead atoms. The van der Waals surface area contributed by atoms with Crippen LogP contribution in [-0.2, 0) is 0 Å². The van der Waals surface area contributed by atoms with Crippen LogP contribution in [0, 0.1) is 0 Å². The molecule has 2 aromatic heterocycles. The molecule has 2 heterocycles. The smallest absolute Gasteiger partial charge is 0.345 e. The molecule has 21 heavy (non-hydrogen) atoms. The minimum Gasteiger partial charge on any atom is -0.345 e. The van der Waals surface area contributed by atoms with Gasteiger partial charge in [-0.2, -0.15) is 18.3 Å². The average molecular weight is 365 g/mol. The maximum Gasteiger partial charge on any atom is 0.405 e. The fourth-order valence-corrected chi connectivity index (χ4v) is 2.46. The normalized spacial score (nSPS) is 12.3. The summed E-state index contributed by atoms with van der Waals surface area (Å²) in [5.74, 6) is 0.499. The number of anilines is 1. The molecule has 0 saturated heterocycles. The molecule has 0 atom stereocenters. The predicted octanol–water partition coefficient (Wildman–Crippen LogP) is 3.62. The summed E-state index contributed by atoms with van der Waals surface area (Å²) in [6.07, 6.45) is -1.17. The fourth-order valence-electron chi connectivity index (χ4n) is 2.03. The number of hydrogen-bond acceptors (Lipinski definition) is 3. The van der Waals surface area contributed by atoms with Crippen LogP contribution in [0.4, 0.5) is 19.0 Å². The highest BCUT2D eigenvalue weighted by Gasteiger charge is 2.32. The van der Waals surface area contributed by atoms with Gasteiger partial charge in [0.15, 0.2) is 5.82 Å². The zero-order valence-corrected chi connectivity index (χ0v) is 13.3. The molecule has 0 aliphatic rings. The van der Waals surface area contributed by atoms with Gasteiger partial charge in [-0.25, -0.2) is 9.50 Å². The highest BCUT2D eigenvalue weighted by atomic mass is 79.9. The number of rotatable bonds is 5. The van der Waals surface area contributed by atoms with Crippen LogP contribution in [0.5, 0.6) is 0 Å². The second-order valence-electron chi connectivity index (χ2n) is 5.03. The standard InChI is InChI=1S/C13H16BrF3N4/c1-9(2)10-7-11-12(18-4-6-21(11)19-10)20(5-3-14)8-13(15,16)17/h4,6-7,9H,3,5,8H2,1-2H3. The zero-order chi connectivity index (χ0) is 15.6. The highest BCUT2D eigenvalue weighted by molar-refractivity contribution is 9.09. The summed E-state index contributed by atoms with van der Waals surface area (Å²) in [7, 11) is 0. The summed E-state index contributed by atoms with van der Waals surface area (Å²) < 4.78 is 39.8. The van der Waals surface area contributed by atoms with Gasteiger partial charge in [-0.3, -0.25) is 0 Å². The average Bonchev–Trinajstić information content (AvgIpc) is 2.80. The molecule has 0 fully saturated rings. The van der Waals surface area contributed by atoms with E-state index in [1.807, 2.05) is 13.8 Å². The number of hydrogen-bond donors (Lipinski definition) is 0. The molecule has 0 unspecified atom stereocenters. The molecule has 0 aromatic carbocycles. The Bertz CT molecular complexity index is 609. The Hall–Kier alpha value is -1.31. The fraction of sp³-hybridized carbons (Fsp3) is 0.538. The number of nitrogens with zero attached hydrogens (tertiary/aromatic N) is 4. The molecule has 0 saturated carbocycles. The number of halogens is 4. The van der Waals surface area contributed by atoms with Gasteiger partial charge in [0.1, 0.15) is 12.1 Å². The summed E-state index contributed by atoms with van der Waals surface area (Å²) in [5.41, 5.74) is 1.42. The first-order valence-electron chi connectivity index (χ1n) is 6.54. The van der Waals surface area contributed by atoms with Crippen molar-refractivity contribution in [1.29, 1.82) is 0 Å². The van der Waals surface area contributed by atoms with Gasteiger partial charge in [-0.05, 0) is 12.0 Å². The molecule has 0 aliphatic carbocycles. The summed E-state index contributed by atoms with van der Waals surface area (Å²) in [6, 6.07) is 1.80. The van der Waals surface area contributed by atoms with Gasteiger partial charge >= 0.3 is 6.18 Å². The summed E-state index contributed by atoms with van der Waals surface area (Å²) in [4.78, 5) is 5.35. The molecule has 2 rings (SSSR count). The molecular formula is C13H16BrF3N4. The third kappa shape index (κ3) is 3.87. The molecule has 116 valence electrons. The first-order chi connectivity index (χ1) is 9.81. The lowest BCUT2D eigenvalue weighted by Gasteiger charge is -2.24. The zero-order valence-electron chi connectivity index (χ0n) is 11.7. The van der Waals surface area contributed by atoms with Crippen LogP contribution in [0.3, 0.4) is 0 Å². The Balaban J connectivity index is 2.46. The van der Waals surface area contributed by atoms with E-state index in [4.69, 9.17) is 0 Å². The van der Waals surface area contributed by atoms with Crippen molar-refractivity contribution in [2.45, 2.75) is 25.9 Å². The quantitative estimate of drug-likeness (QED) is 0.759. The topological polar surface area (TPSA) is 33.4 Å². The molecule has 2 aromatic rings. The Kier molecular flexibility index (Phi) is 4.75. The van der Waals surface area contributed by atoms with Crippen molar-refractivity contribution >= 4 is 27.3 Å². The van der Waals surface area contributed by atoms with Crippen molar-refractivity contribution in [1.82, 2.24) is 14.6 Å². The molecule has 0 amide bonds. The van der Waals surface area contributed by atoms with Crippen LogP contribution >= 0.6 is 15.9 Å². The molecule has 0 radical (unpaired) electrons. The minimum absolute atomic E-state index is 0.199. The van der Waals surface area contributed by atoms with Crippen molar-refractivity contribution in [3.8, 4) is 0 Å². The van der Waals surface area contributed by atoms with Crippen molar-refractivity contribution in [2.24, 2.45) is 0 Å². The first-order valence-corrected chi connectivity index (χ1v) is 7.66. The maximum atomic E-state index is 12.7. The van der Waals surface area contributed by atoms with E-state index >= 15 is 0 Å². The van der Waals surface area contributed by atoms with Crippen molar-refractivity contribution in [3.05, 3.63) is 24.2 Å².